The van der Waals surface area contributed by atoms with Crippen LogP contribution in [0.4, 0.5) is 11.4 Å². The van der Waals surface area contributed by atoms with Gasteiger partial charge < -0.3 is 10.6 Å². The van der Waals surface area contributed by atoms with Crippen molar-refractivity contribution in [3.63, 3.8) is 0 Å². The van der Waals surface area contributed by atoms with Gasteiger partial charge in [0.25, 0.3) is 5.91 Å². The van der Waals surface area contributed by atoms with Crippen molar-refractivity contribution in [2.75, 3.05) is 10.6 Å². The zero-order valence-electron chi connectivity index (χ0n) is 16.0. The van der Waals surface area contributed by atoms with Crippen LogP contribution in [0.1, 0.15) is 59.2 Å². The van der Waals surface area contributed by atoms with Gasteiger partial charge in [0.2, 0.25) is 0 Å². The Bertz CT molecular complexity index is 868. The average molecular weight is 374 g/mol. The Morgan fingerprint density at radius 3 is 2.00 bits per heavy atom. The summed E-state index contributed by atoms with van der Waals surface area (Å²) in [4.78, 5) is 23.5. The molecule has 4 heteroatoms. The van der Waals surface area contributed by atoms with Gasteiger partial charge in [-0.2, -0.15) is 0 Å². The standard InChI is InChI=1S/C24H26N2O2/c27-15-16-5-7-20(8-6-16)23(28)25-21-3-1-2-4-22(21)26-24-12-17-9-18(13-24)11-19(10-17)14-24/h1-8,15,17-19,26H,9-14H2,(H,25,28). The molecule has 1 amide bonds. The normalized spacial score (nSPS) is 30.1. The van der Waals surface area contributed by atoms with E-state index < -0.39 is 0 Å². The lowest BCUT2D eigenvalue weighted by Crippen LogP contribution is -2.54. The summed E-state index contributed by atoms with van der Waals surface area (Å²) in [5, 5.41) is 6.93. The third kappa shape index (κ3) is 3.21. The first-order chi connectivity index (χ1) is 13.6. The zero-order chi connectivity index (χ0) is 19.1. The highest BCUT2D eigenvalue weighted by Crippen LogP contribution is 2.56. The van der Waals surface area contributed by atoms with Crippen molar-refractivity contribution in [3.8, 4) is 0 Å². The van der Waals surface area contributed by atoms with Crippen LogP contribution in [-0.2, 0) is 0 Å². The third-order valence-corrected chi connectivity index (χ3v) is 6.92. The minimum atomic E-state index is -0.155. The maximum absolute atomic E-state index is 12.7. The molecule has 0 aromatic heterocycles. The molecule has 0 aliphatic heterocycles. The molecule has 4 aliphatic rings. The molecule has 0 radical (unpaired) electrons. The van der Waals surface area contributed by atoms with E-state index in [2.05, 4.69) is 16.7 Å². The molecule has 28 heavy (non-hydrogen) atoms. The highest BCUT2D eigenvalue weighted by molar-refractivity contribution is 6.06. The summed E-state index contributed by atoms with van der Waals surface area (Å²) in [5.41, 5.74) is 3.15. The van der Waals surface area contributed by atoms with Gasteiger partial charge in [-0.1, -0.05) is 24.3 Å². The van der Waals surface area contributed by atoms with Crippen molar-refractivity contribution in [1.82, 2.24) is 0 Å². The van der Waals surface area contributed by atoms with Crippen molar-refractivity contribution < 1.29 is 9.59 Å². The topological polar surface area (TPSA) is 58.2 Å². The molecule has 0 saturated heterocycles. The number of hydrogen-bond acceptors (Lipinski definition) is 3. The molecule has 0 atom stereocenters. The smallest absolute Gasteiger partial charge is 0.255 e. The first kappa shape index (κ1) is 17.5. The molecule has 6 rings (SSSR count). The Labute approximate surface area is 165 Å². The van der Waals surface area contributed by atoms with Crippen molar-refractivity contribution >= 4 is 23.6 Å². The van der Waals surface area contributed by atoms with Gasteiger partial charge in [-0.15, -0.1) is 0 Å². The van der Waals surface area contributed by atoms with E-state index in [9.17, 15) is 9.59 Å². The van der Waals surface area contributed by atoms with Gasteiger partial charge in [0.1, 0.15) is 6.29 Å². The second-order valence-corrected chi connectivity index (χ2v) is 9.06. The Morgan fingerprint density at radius 2 is 1.43 bits per heavy atom. The first-order valence-electron chi connectivity index (χ1n) is 10.4. The van der Waals surface area contributed by atoms with Crippen LogP contribution in [0.15, 0.2) is 48.5 Å². The molecule has 4 fully saturated rings. The van der Waals surface area contributed by atoms with E-state index in [-0.39, 0.29) is 11.4 Å². The third-order valence-electron chi connectivity index (χ3n) is 6.92. The van der Waals surface area contributed by atoms with Crippen LogP contribution >= 0.6 is 0 Å². The Balaban J connectivity index is 1.36. The maximum Gasteiger partial charge on any atom is 0.255 e. The van der Waals surface area contributed by atoms with Crippen molar-refractivity contribution in [2.24, 2.45) is 17.8 Å². The predicted molar refractivity (Wildman–Crippen MR) is 111 cm³/mol. The Hall–Kier alpha value is -2.62. The number of rotatable bonds is 5. The van der Waals surface area contributed by atoms with Gasteiger partial charge in [-0.3, -0.25) is 9.59 Å². The zero-order valence-corrected chi connectivity index (χ0v) is 16.0. The fourth-order valence-corrected chi connectivity index (χ4v) is 6.16. The molecule has 0 spiro atoms. The minimum Gasteiger partial charge on any atom is -0.378 e. The summed E-state index contributed by atoms with van der Waals surface area (Å²) in [6.07, 6.45) is 8.80. The van der Waals surface area contributed by atoms with Gasteiger partial charge in [0.15, 0.2) is 0 Å². The van der Waals surface area contributed by atoms with E-state index in [1.54, 1.807) is 24.3 Å². The summed E-state index contributed by atoms with van der Waals surface area (Å²) in [5.74, 6) is 2.46. The molecule has 144 valence electrons. The number of carbonyl (C=O) groups excluding carboxylic acids is 2. The van der Waals surface area contributed by atoms with Gasteiger partial charge in [0.05, 0.1) is 11.4 Å². The van der Waals surface area contributed by atoms with Crippen LogP contribution in [0.25, 0.3) is 0 Å². The van der Waals surface area contributed by atoms with Crippen molar-refractivity contribution in [2.45, 2.75) is 44.1 Å². The number of aldehydes is 1. The molecular formula is C24H26N2O2. The first-order valence-corrected chi connectivity index (χ1v) is 10.4. The summed E-state index contributed by atoms with van der Waals surface area (Å²) in [7, 11) is 0. The van der Waals surface area contributed by atoms with Gasteiger partial charge >= 0.3 is 0 Å². The summed E-state index contributed by atoms with van der Waals surface area (Å²) in [6.45, 7) is 0. The van der Waals surface area contributed by atoms with Gasteiger partial charge in [0, 0.05) is 16.7 Å². The van der Waals surface area contributed by atoms with Crippen LogP contribution in [0.2, 0.25) is 0 Å². The van der Waals surface area contributed by atoms with E-state index in [1.165, 1.54) is 38.5 Å². The molecule has 4 aliphatic carbocycles. The average Bonchev–Trinajstić information content (AvgIpc) is 2.68. The Morgan fingerprint density at radius 1 is 0.857 bits per heavy atom. The summed E-state index contributed by atoms with van der Waals surface area (Å²) in [6, 6.07) is 14.7. The SMILES string of the molecule is O=Cc1ccc(C(=O)Nc2ccccc2NC23CC4CC(CC(C4)C2)C3)cc1. The number of nitrogens with one attached hydrogen (secondary N) is 2. The number of hydrogen-bond donors (Lipinski definition) is 2. The number of amides is 1. The minimum absolute atomic E-state index is 0.155. The molecule has 4 nitrogen and oxygen atoms in total. The van der Waals surface area contributed by atoms with E-state index in [1.807, 2.05) is 18.2 Å². The van der Waals surface area contributed by atoms with Crippen molar-refractivity contribution in [1.29, 1.82) is 0 Å². The quantitative estimate of drug-likeness (QED) is 0.713. The molecular weight excluding hydrogens is 348 g/mol. The lowest BCUT2D eigenvalue weighted by Gasteiger charge is -2.57. The Kier molecular flexibility index (Phi) is 4.22. The lowest BCUT2D eigenvalue weighted by atomic mass is 9.53. The fraction of sp³-hybridized carbons (Fsp3) is 0.417. The highest BCUT2D eigenvalue weighted by Gasteiger charge is 2.51. The molecule has 4 saturated carbocycles. The van der Waals surface area contributed by atoms with E-state index >= 15 is 0 Å². The molecule has 2 aromatic rings. The van der Waals surface area contributed by atoms with Crippen molar-refractivity contribution in [3.05, 3.63) is 59.7 Å². The largest absolute Gasteiger partial charge is 0.378 e. The fourth-order valence-electron chi connectivity index (χ4n) is 6.16. The second kappa shape index (κ2) is 6.77. The summed E-state index contributed by atoms with van der Waals surface area (Å²) < 4.78 is 0. The molecule has 2 N–H and O–H groups in total. The second-order valence-electron chi connectivity index (χ2n) is 9.06. The molecule has 0 unspecified atom stereocenters. The highest BCUT2D eigenvalue weighted by atomic mass is 16.1. The number of carbonyl (C=O) groups is 2. The van der Waals surface area contributed by atoms with E-state index in [0.717, 1.165) is 35.4 Å². The van der Waals surface area contributed by atoms with Crippen LogP contribution in [0, 0.1) is 17.8 Å². The van der Waals surface area contributed by atoms with Crippen LogP contribution in [-0.4, -0.2) is 17.7 Å². The number of para-hydroxylation sites is 2. The molecule has 0 heterocycles. The van der Waals surface area contributed by atoms with Gasteiger partial charge in [-0.05, 0) is 80.5 Å². The van der Waals surface area contributed by atoms with E-state index in [4.69, 9.17) is 0 Å². The molecule has 4 bridgehead atoms. The monoisotopic (exact) mass is 374 g/mol. The summed E-state index contributed by atoms with van der Waals surface area (Å²) >= 11 is 0. The molecule has 2 aromatic carbocycles. The maximum atomic E-state index is 12.7. The van der Waals surface area contributed by atoms with E-state index in [0.29, 0.717) is 11.1 Å². The van der Waals surface area contributed by atoms with Crippen LogP contribution < -0.4 is 10.6 Å². The number of anilines is 2. The van der Waals surface area contributed by atoms with Crippen LogP contribution in [0.3, 0.4) is 0 Å². The van der Waals surface area contributed by atoms with Crippen LogP contribution in [0.5, 0.6) is 0 Å². The van der Waals surface area contributed by atoms with Gasteiger partial charge in [-0.25, -0.2) is 0 Å². The predicted octanol–water partition coefficient (Wildman–Crippen LogP) is 5.13. The lowest BCUT2D eigenvalue weighted by molar-refractivity contribution is 0.0107. The number of benzene rings is 2.